The molecular weight excluding hydrogens is 263 g/mol. The molecule has 1 aromatic rings. The van der Waals surface area contributed by atoms with E-state index in [9.17, 15) is 24.6 Å². The van der Waals surface area contributed by atoms with Gasteiger partial charge in [-0.2, -0.15) is 5.26 Å². The highest BCUT2D eigenvalue weighted by atomic mass is 19.1. The highest BCUT2D eigenvalue weighted by molar-refractivity contribution is 5.88. The largest absolute Gasteiger partial charge is 0.298 e. The van der Waals surface area contributed by atoms with Gasteiger partial charge in [0.1, 0.15) is 11.2 Å². The van der Waals surface area contributed by atoms with Crippen molar-refractivity contribution in [3.05, 3.63) is 39.7 Å². The zero-order valence-corrected chi connectivity index (χ0v) is 10.8. The molecule has 1 saturated carbocycles. The Morgan fingerprint density at radius 3 is 2.80 bits per heavy atom. The molecule has 0 saturated heterocycles. The van der Waals surface area contributed by atoms with Crippen LogP contribution in [0.3, 0.4) is 0 Å². The number of hydrogen-bond acceptors (Lipinski definition) is 4. The second kappa shape index (κ2) is 5.37. The van der Waals surface area contributed by atoms with Crippen molar-refractivity contribution in [2.24, 2.45) is 5.41 Å². The molecule has 0 amide bonds. The molecule has 1 aliphatic carbocycles. The first-order valence-electron chi connectivity index (χ1n) is 6.36. The van der Waals surface area contributed by atoms with Crippen molar-refractivity contribution in [3.8, 4) is 6.07 Å². The smallest absolute Gasteiger partial charge is 0.272 e. The van der Waals surface area contributed by atoms with Crippen LogP contribution in [0.2, 0.25) is 0 Å². The number of halogens is 1. The Morgan fingerprint density at radius 1 is 1.45 bits per heavy atom. The van der Waals surface area contributed by atoms with Crippen LogP contribution in [0, 0.1) is 32.7 Å². The fourth-order valence-electron chi connectivity index (χ4n) is 2.63. The van der Waals surface area contributed by atoms with Gasteiger partial charge in [-0.25, -0.2) is 4.39 Å². The van der Waals surface area contributed by atoms with Crippen molar-refractivity contribution in [2.75, 3.05) is 0 Å². The number of Topliss-reactive ketones (excluding diaryl/α,β-unsaturated/α-hetero) is 1. The molecule has 104 valence electrons. The molecule has 0 spiro atoms. The van der Waals surface area contributed by atoms with Crippen molar-refractivity contribution in [1.82, 2.24) is 0 Å². The van der Waals surface area contributed by atoms with Crippen LogP contribution in [0.1, 0.15) is 31.2 Å². The first-order chi connectivity index (χ1) is 9.48. The summed E-state index contributed by atoms with van der Waals surface area (Å²) in [4.78, 5) is 22.4. The molecule has 1 fully saturated rings. The van der Waals surface area contributed by atoms with E-state index in [0.29, 0.717) is 12.8 Å². The quantitative estimate of drug-likeness (QED) is 0.627. The van der Waals surface area contributed by atoms with Gasteiger partial charge in [-0.15, -0.1) is 0 Å². The van der Waals surface area contributed by atoms with E-state index in [-0.39, 0.29) is 23.5 Å². The van der Waals surface area contributed by atoms with Crippen molar-refractivity contribution >= 4 is 11.5 Å². The number of hydrogen-bond donors (Lipinski definition) is 0. The van der Waals surface area contributed by atoms with Crippen LogP contribution in [0.25, 0.3) is 0 Å². The van der Waals surface area contributed by atoms with Crippen molar-refractivity contribution < 1.29 is 14.1 Å². The summed E-state index contributed by atoms with van der Waals surface area (Å²) in [5.41, 5.74) is -1.40. The van der Waals surface area contributed by atoms with E-state index in [1.54, 1.807) is 0 Å². The standard InChI is InChI=1S/C14H13FN2O3/c15-11-4-5-12(17(19)20)10(7-11)8-14(9-16)6-2-1-3-13(14)18/h4-5,7H,1-3,6,8H2. The second-order valence-corrected chi connectivity index (χ2v) is 5.03. The first kappa shape index (κ1) is 14.1. The summed E-state index contributed by atoms with van der Waals surface area (Å²) in [5, 5.41) is 20.3. The predicted molar refractivity (Wildman–Crippen MR) is 68.3 cm³/mol. The zero-order chi connectivity index (χ0) is 14.8. The number of nitriles is 1. The normalized spacial score (nSPS) is 22.3. The van der Waals surface area contributed by atoms with Gasteiger partial charge in [-0.1, -0.05) is 6.42 Å². The number of nitro groups is 1. The SMILES string of the molecule is N#CC1(Cc2cc(F)ccc2[N+](=O)[O-])CCCCC1=O. The fraction of sp³-hybridized carbons (Fsp3) is 0.429. The lowest BCUT2D eigenvalue weighted by Crippen LogP contribution is -2.35. The fourth-order valence-corrected chi connectivity index (χ4v) is 2.63. The molecule has 0 bridgehead atoms. The predicted octanol–water partition coefficient (Wildman–Crippen LogP) is 2.93. The van der Waals surface area contributed by atoms with Crippen molar-refractivity contribution in [2.45, 2.75) is 32.1 Å². The van der Waals surface area contributed by atoms with Crippen LogP contribution in [-0.2, 0) is 11.2 Å². The second-order valence-electron chi connectivity index (χ2n) is 5.03. The summed E-state index contributed by atoms with van der Waals surface area (Å²) in [6.45, 7) is 0. The summed E-state index contributed by atoms with van der Waals surface area (Å²) in [6, 6.07) is 5.12. The van der Waals surface area contributed by atoms with E-state index in [1.807, 2.05) is 6.07 Å². The van der Waals surface area contributed by atoms with Crippen LogP contribution in [0.5, 0.6) is 0 Å². The average molecular weight is 276 g/mol. The molecule has 1 unspecified atom stereocenters. The molecule has 0 N–H and O–H groups in total. The molecule has 2 rings (SSSR count). The lowest BCUT2D eigenvalue weighted by atomic mass is 9.70. The molecule has 20 heavy (non-hydrogen) atoms. The zero-order valence-electron chi connectivity index (χ0n) is 10.8. The third-order valence-corrected chi connectivity index (χ3v) is 3.74. The molecule has 1 aliphatic rings. The minimum atomic E-state index is -1.25. The third kappa shape index (κ3) is 2.52. The molecule has 1 aromatic carbocycles. The Bertz CT molecular complexity index is 609. The Balaban J connectivity index is 2.42. The van der Waals surface area contributed by atoms with Crippen LogP contribution >= 0.6 is 0 Å². The van der Waals surface area contributed by atoms with Crippen molar-refractivity contribution in [3.63, 3.8) is 0 Å². The lowest BCUT2D eigenvalue weighted by molar-refractivity contribution is -0.385. The summed E-state index contributed by atoms with van der Waals surface area (Å²) >= 11 is 0. The maximum absolute atomic E-state index is 13.3. The molecular formula is C14H13FN2O3. The van der Waals surface area contributed by atoms with Crippen LogP contribution < -0.4 is 0 Å². The van der Waals surface area contributed by atoms with E-state index in [4.69, 9.17) is 0 Å². The lowest BCUT2D eigenvalue weighted by Gasteiger charge is -2.28. The minimum Gasteiger partial charge on any atom is -0.298 e. The number of ketones is 1. The number of rotatable bonds is 3. The topological polar surface area (TPSA) is 84.0 Å². The van der Waals surface area contributed by atoms with Gasteiger partial charge in [-0.05, 0) is 25.0 Å². The molecule has 1 atom stereocenters. The molecule has 0 radical (unpaired) electrons. The minimum absolute atomic E-state index is 0.101. The van der Waals surface area contributed by atoms with E-state index in [1.165, 1.54) is 0 Å². The van der Waals surface area contributed by atoms with E-state index >= 15 is 0 Å². The summed E-state index contributed by atoms with van der Waals surface area (Å²) in [7, 11) is 0. The highest BCUT2D eigenvalue weighted by Gasteiger charge is 2.41. The van der Waals surface area contributed by atoms with E-state index in [2.05, 4.69) is 0 Å². The number of carbonyl (C=O) groups excluding carboxylic acids is 1. The third-order valence-electron chi connectivity index (χ3n) is 3.74. The number of benzene rings is 1. The van der Waals surface area contributed by atoms with Gasteiger partial charge in [0, 0.05) is 24.5 Å². The monoisotopic (exact) mass is 276 g/mol. The molecule has 6 heteroatoms. The van der Waals surface area contributed by atoms with Gasteiger partial charge < -0.3 is 0 Å². The maximum Gasteiger partial charge on any atom is 0.272 e. The number of nitrogens with zero attached hydrogens (tertiary/aromatic N) is 2. The summed E-state index contributed by atoms with van der Waals surface area (Å²) < 4.78 is 13.3. The van der Waals surface area contributed by atoms with Gasteiger partial charge in [-0.3, -0.25) is 14.9 Å². The van der Waals surface area contributed by atoms with Crippen LogP contribution in [-0.4, -0.2) is 10.7 Å². The maximum atomic E-state index is 13.3. The molecule has 5 nitrogen and oxygen atoms in total. The Morgan fingerprint density at radius 2 is 2.20 bits per heavy atom. The van der Waals surface area contributed by atoms with Gasteiger partial charge in [0.2, 0.25) is 0 Å². The molecule has 0 aromatic heterocycles. The van der Waals surface area contributed by atoms with Gasteiger partial charge in [0.05, 0.1) is 11.0 Å². The van der Waals surface area contributed by atoms with Crippen LogP contribution in [0.4, 0.5) is 10.1 Å². The number of nitro benzene ring substituents is 1. The molecule has 0 aliphatic heterocycles. The Labute approximate surface area is 115 Å². The summed E-state index contributed by atoms with van der Waals surface area (Å²) in [5.74, 6) is -0.813. The van der Waals surface area contributed by atoms with Crippen LogP contribution in [0.15, 0.2) is 18.2 Å². The van der Waals surface area contributed by atoms with E-state index in [0.717, 1.165) is 31.0 Å². The van der Waals surface area contributed by atoms with Gasteiger partial charge in [0.25, 0.3) is 5.69 Å². The Kier molecular flexibility index (Phi) is 3.79. The Hall–Kier alpha value is -2.29. The van der Waals surface area contributed by atoms with Gasteiger partial charge in [0.15, 0.2) is 5.78 Å². The van der Waals surface area contributed by atoms with E-state index < -0.39 is 16.2 Å². The molecule has 0 heterocycles. The van der Waals surface area contributed by atoms with Crippen molar-refractivity contribution in [1.29, 1.82) is 5.26 Å². The van der Waals surface area contributed by atoms with Gasteiger partial charge >= 0.3 is 0 Å². The summed E-state index contributed by atoms with van der Waals surface area (Å²) in [6.07, 6.45) is 2.03. The number of carbonyl (C=O) groups is 1. The highest BCUT2D eigenvalue weighted by Crippen LogP contribution is 2.38. The first-order valence-corrected chi connectivity index (χ1v) is 6.36. The average Bonchev–Trinajstić information content (AvgIpc) is 2.41.